The number of hydrogen-bond donors (Lipinski definition) is 1. The Bertz CT molecular complexity index is 1040. The van der Waals surface area contributed by atoms with Crippen LogP contribution in [0.15, 0.2) is 47.1 Å². The van der Waals surface area contributed by atoms with Gasteiger partial charge in [-0.05, 0) is 38.2 Å². The van der Waals surface area contributed by atoms with Crippen LogP contribution in [-0.2, 0) is 6.54 Å². The molecule has 1 fully saturated rings. The lowest BCUT2D eigenvalue weighted by Crippen LogP contribution is -2.45. The van der Waals surface area contributed by atoms with Gasteiger partial charge in [0.2, 0.25) is 0 Å². The summed E-state index contributed by atoms with van der Waals surface area (Å²) in [5.74, 6) is 0.683. The molecule has 1 aliphatic heterocycles. The number of carbonyl (C=O) groups is 1. The lowest BCUT2D eigenvalue weighted by Gasteiger charge is -2.34. The highest BCUT2D eigenvalue weighted by molar-refractivity contribution is 9.10. The first-order chi connectivity index (χ1) is 14.5. The van der Waals surface area contributed by atoms with E-state index in [1.165, 1.54) is 0 Å². The van der Waals surface area contributed by atoms with E-state index in [4.69, 9.17) is 0 Å². The molecule has 8 nitrogen and oxygen atoms in total. The molecule has 0 saturated carbocycles. The number of anilines is 1. The highest BCUT2D eigenvalue weighted by atomic mass is 79.9. The SMILES string of the molecule is Cc1c(C(=O)NCc2cccnc2N2CCN(C)CC2)nnn1-c1cccc(Br)c1. The zero-order valence-electron chi connectivity index (χ0n) is 17.0. The number of nitrogens with one attached hydrogen (secondary N) is 1. The first-order valence-corrected chi connectivity index (χ1v) is 10.7. The molecule has 4 rings (SSSR count). The average molecular weight is 470 g/mol. The summed E-state index contributed by atoms with van der Waals surface area (Å²) in [7, 11) is 2.13. The second-order valence-electron chi connectivity index (χ2n) is 7.37. The molecule has 2 aromatic heterocycles. The van der Waals surface area contributed by atoms with Crippen molar-refractivity contribution in [1.29, 1.82) is 0 Å². The molecule has 1 N–H and O–H groups in total. The number of nitrogens with zero attached hydrogens (tertiary/aromatic N) is 6. The quantitative estimate of drug-likeness (QED) is 0.617. The second-order valence-corrected chi connectivity index (χ2v) is 8.29. The number of rotatable bonds is 5. The number of piperazine rings is 1. The van der Waals surface area contributed by atoms with Crippen molar-refractivity contribution >= 4 is 27.7 Å². The van der Waals surface area contributed by atoms with Crippen LogP contribution in [0.25, 0.3) is 5.69 Å². The predicted octanol–water partition coefficient (Wildman–Crippen LogP) is 2.42. The fourth-order valence-corrected chi connectivity index (χ4v) is 3.91. The van der Waals surface area contributed by atoms with Gasteiger partial charge in [0.25, 0.3) is 5.91 Å². The number of hydrogen-bond acceptors (Lipinski definition) is 6. The number of aromatic nitrogens is 4. The number of likely N-dealkylation sites (N-methyl/N-ethyl adjacent to an activating group) is 1. The van der Waals surface area contributed by atoms with E-state index >= 15 is 0 Å². The molecule has 1 amide bonds. The Morgan fingerprint density at radius 2 is 1.97 bits per heavy atom. The highest BCUT2D eigenvalue weighted by Gasteiger charge is 2.20. The van der Waals surface area contributed by atoms with Crippen LogP contribution >= 0.6 is 15.9 Å². The van der Waals surface area contributed by atoms with Crippen LogP contribution in [-0.4, -0.2) is 64.0 Å². The molecule has 3 aromatic rings. The summed E-state index contributed by atoms with van der Waals surface area (Å²) in [5.41, 5.74) is 2.85. The molecule has 30 heavy (non-hydrogen) atoms. The number of benzene rings is 1. The lowest BCUT2D eigenvalue weighted by molar-refractivity contribution is 0.0945. The molecule has 9 heteroatoms. The second kappa shape index (κ2) is 8.93. The highest BCUT2D eigenvalue weighted by Crippen LogP contribution is 2.20. The van der Waals surface area contributed by atoms with Gasteiger partial charge in [0.05, 0.1) is 11.4 Å². The van der Waals surface area contributed by atoms with Gasteiger partial charge >= 0.3 is 0 Å². The molecule has 1 saturated heterocycles. The molecule has 0 radical (unpaired) electrons. The van der Waals surface area contributed by atoms with Crippen molar-refractivity contribution in [3.63, 3.8) is 0 Å². The van der Waals surface area contributed by atoms with E-state index < -0.39 is 0 Å². The van der Waals surface area contributed by atoms with E-state index in [1.54, 1.807) is 10.9 Å². The third-order valence-electron chi connectivity index (χ3n) is 5.27. The lowest BCUT2D eigenvalue weighted by atomic mass is 10.2. The monoisotopic (exact) mass is 469 g/mol. The van der Waals surface area contributed by atoms with Gasteiger partial charge in [0.1, 0.15) is 5.82 Å². The Kier molecular flexibility index (Phi) is 6.10. The minimum atomic E-state index is -0.248. The van der Waals surface area contributed by atoms with E-state index in [-0.39, 0.29) is 5.91 Å². The Morgan fingerprint density at radius 1 is 1.17 bits per heavy atom. The first kappa shape index (κ1) is 20.5. The van der Waals surface area contributed by atoms with Crippen LogP contribution < -0.4 is 10.2 Å². The van der Waals surface area contributed by atoms with Crippen molar-refractivity contribution in [3.05, 3.63) is 64.0 Å². The van der Waals surface area contributed by atoms with Crippen molar-refractivity contribution in [3.8, 4) is 5.69 Å². The summed E-state index contributed by atoms with van der Waals surface area (Å²) in [6, 6.07) is 11.6. The van der Waals surface area contributed by atoms with E-state index in [9.17, 15) is 4.79 Å². The van der Waals surface area contributed by atoms with Gasteiger partial charge in [-0.25, -0.2) is 9.67 Å². The summed E-state index contributed by atoms with van der Waals surface area (Å²) in [4.78, 5) is 21.9. The largest absolute Gasteiger partial charge is 0.354 e. The van der Waals surface area contributed by atoms with Gasteiger partial charge in [-0.15, -0.1) is 5.10 Å². The molecule has 0 spiro atoms. The summed E-state index contributed by atoms with van der Waals surface area (Å²) >= 11 is 3.46. The fraction of sp³-hybridized carbons (Fsp3) is 0.333. The fourth-order valence-electron chi connectivity index (χ4n) is 3.52. The summed E-state index contributed by atoms with van der Waals surface area (Å²) < 4.78 is 2.60. The van der Waals surface area contributed by atoms with E-state index in [0.29, 0.717) is 17.9 Å². The standard InChI is InChI=1S/C21H24BrN7O/c1-15-19(25-26-29(15)18-7-3-6-17(22)13-18)21(30)24-14-16-5-4-8-23-20(16)28-11-9-27(2)10-12-28/h3-8,13H,9-12,14H2,1-2H3,(H,24,30). The maximum atomic E-state index is 12.8. The van der Waals surface area contributed by atoms with Gasteiger partial charge in [-0.3, -0.25) is 4.79 Å². The van der Waals surface area contributed by atoms with Crippen molar-refractivity contribution < 1.29 is 4.79 Å². The predicted molar refractivity (Wildman–Crippen MR) is 119 cm³/mol. The Labute approximate surface area is 184 Å². The van der Waals surface area contributed by atoms with Crippen LogP contribution in [0, 0.1) is 6.92 Å². The van der Waals surface area contributed by atoms with Gasteiger partial charge < -0.3 is 15.1 Å². The molecular weight excluding hydrogens is 446 g/mol. The molecule has 0 bridgehead atoms. The molecule has 0 atom stereocenters. The van der Waals surface area contributed by atoms with Crippen molar-refractivity contribution in [2.24, 2.45) is 0 Å². The summed E-state index contributed by atoms with van der Waals surface area (Å²) in [6.45, 7) is 6.08. The van der Waals surface area contributed by atoms with Crippen molar-refractivity contribution in [2.75, 3.05) is 38.1 Å². The van der Waals surface area contributed by atoms with Crippen molar-refractivity contribution in [1.82, 2.24) is 30.2 Å². The minimum Gasteiger partial charge on any atom is -0.354 e. The Balaban J connectivity index is 1.47. The van der Waals surface area contributed by atoms with Crippen LogP contribution in [0.2, 0.25) is 0 Å². The number of pyridine rings is 1. The Hall–Kier alpha value is -2.78. The zero-order chi connectivity index (χ0) is 21.1. The van der Waals surface area contributed by atoms with Crippen LogP contribution in [0.5, 0.6) is 0 Å². The van der Waals surface area contributed by atoms with E-state index in [1.807, 2.05) is 43.3 Å². The van der Waals surface area contributed by atoms with Gasteiger partial charge in [-0.2, -0.15) is 0 Å². The first-order valence-electron chi connectivity index (χ1n) is 9.87. The molecule has 1 aliphatic rings. The third-order valence-corrected chi connectivity index (χ3v) is 5.77. The molecule has 156 valence electrons. The van der Waals surface area contributed by atoms with E-state index in [2.05, 4.69) is 53.4 Å². The average Bonchev–Trinajstić information content (AvgIpc) is 3.14. The molecule has 1 aromatic carbocycles. The van der Waals surface area contributed by atoms with Crippen LogP contribution in [0.4, 0.5) is 5.82 Å². The summed E-state index contributed by atoms with van der Waals surface area (Å²) in [6.07, 6.45) is 1.80. The topological polar surface area (TPSA) is 79.2 Å². The van der Waals surface area contributed by atoms with Crippen molar-refractivity contribution in [2.45, 2.75) is 13.5 Å². The van der Waals surface area contributed by atoms with Gasteiger partial charge in [0.15, 0.2) is 5.69 Å². The molecule has 0 aliphatic carbocycles. The van der Waals surface area contributed by atoms with E-state index in [0.717, 1.165) is 47.7 Å². The number of carbonyl (C=O) groups excluding carboxylic acids is 1. The van der Waals surface area contributed by atoms with Gasteiger partial charge in [0, 0.05) is 49.0 Å². The van der Waals surface area contributed by atoms with Crippen LogP contribution in [0.3, 0.4) is 0 Å². The molecule has 3 heterocycles. The maximum absolute atomic E-state index is 12.8. The third kappa shape index (κ3) is 4.36. The summed E-state index contributed by atoms with van der Waals surface area (Å²) in [5, 5.41) is 11.2. The molecule has 0 unspecified atom stereocenters. The zero-order valence-corrected chi connectivity index (χ0v) is 18.6. The minimum absolute atomic E-state index is 0.248. The Morgan fingerprint density at radius 3 is 2.73 bits per heavy atom. The smallest absolute Gasteiger partial charge is 0.274 e. The normalized spacial score (nSPS) is 14.7. The van der Waals surface area contributed by atoms with Crippen LogP contribution in [0.1, 0.15) is 21.7 Å². The number of halogens is 1. The maximum Gasteiger partial charge on any atom is 0.274 e. The molecular formula is C21H24BrN7O. The number of amides is 1. The van der Waals surface area contributed by atoms with Gasteiger partial charge in [-0.1, -0.05) is 33.3 Å².